The van der Waals surface area contributed by atoms with E-state index < -0.39 is 5.97 Å². The molecule has 1 heterocycles. The average molecular weight is 317 g/mol. The number of nitrogens with one attached hydrogen (secondary N) is 1. The number of aliphatic carboxylic acids is 1. The Morgan fingerprint density at radius 2 is 2.20 bits per heavy atom. The molecule has 0 aliphatic heterocycles. The first-order valence-electron chi connectivity index (χ1n) is 6.56. The predicted octanol–water partition coefficient (Wildman–Crippen LogP) is 2.59. The van der Waals surface area contributed by atoms with Gasteiger partial charge >= 0.3 is 12.0 Å². The van der Waals surface area contributed by atoms with E-state index >= 15 is 0 Å². The Bertz CT molecular complexity index is 488. The minimum atomic E-state index is -0.878. The van der Waals surface area contributed by atoms with Crippen LogP contribution < -0.4 is 5.32 Å². The standard InChI is InChI=1S/C13H17ClN2O3S/c14-11-4-3-10(20-11)5-7-15-13(19)16(9-1-2-9)8-6-12(17)18/h3-4,9H,1-2,5-8H2,(H,15,19)(H,17,18). The second kappa shape index (κ2) is 6.95. The van der Waals surface area contributed by atoms with E-state index in [2.05, 4.69) is 5.32 Å². The summed E-state index contributed by atoms with van der Waals surface area (Å²) < 4.78 is 0.743. The number of rotatable bonds is 7. The van der Waals surface area contributed by atoms with Gasteiger partial charge in [0.15, 0.2) is 0 Å². The van der Waals surface area contributed by atoms with Crippen LogP contribution in [0.1, 0.15) is 24.1 Å². The highest BCUT2D eigenvalue weighted by molar-refractivity contribution is 7.16. The minimum absolute atomic E-state index is 0.00947. The Morgan fingerprint density at radius 3 is 2.75 bits per heavy atom. The second-order valence-electron chi connectivity index (χ2n) is 4.76. The quantitative estimate of drug-likeness (QED) is 0.812. The van der Waals surface area contributed by atoms with Crippen molar-refractivity contribution in [1.29, 1.82) is 0 Å². The molecule has 2 rings (SSSR count). The fourth-order valence-corrected chi connectivity index (χ4v) is 3.02. The third kappa shape index (κ3) is 4.68. The van der Waals surface area contributed by atoms with Gasteiger partial charge in [-0.3, -0.25) is 4.79 Å². The van der Waals surface area contributed by atoms with Crippen LogP contribution in [0.15, 0.2) is 12.1 Å². The zero-order valence-corrected chi connectivity index (χ0v) is 12.5. The first kappa shape index (κ1) is 15.1. The number of hydrogen-bond donors (Lipinski definition) is 2. The summed E-state index contributed by atoms with van der Waals surface area (Å²) in [6, 6.07) is 3.83. The van der Waals surface area contributed by atoms with E-state index in [1.807, 2.05) is 12.1 Å². The number of hydrogen-bond acceptors (Lipinski definition) is 3. The van der Waals surface area contributed by atoms with E-state index in [-0.39, 0.29) is 25.0 Å². The lowest BCUT2D eigenvalue weighted by molar-refractivity contribution is -0.137. The number of halogens is 1. The minimum Gasteiger partial charge on any atom is -0.481 e. The van der Waals surface area contributed by atoms with E-state index in [1.165, 1.54) is 11.3 Å². The maximum atomic E-state index is 12.0. The molecule has 1 aromatic heterocycles. The largest absolute Gasteiger partial charge is 0.481 e. The Labute approximate surface area is 126 Å². The summed E-state index contributed by atoms with van der Waals surface area (Å²) in [5.74, 6) is -0.878. The average Bonchev–Trinajstić information content (AvgIpc) is 3.13. The van der Waals surface area contributed by atoms with Crippen LogP contribution in [0.25, 0.3) is 0 Å². The molecule has 5 nitrogen and oxygen atoms in total. The first-order valence-corrected chi connectivity index (χ1v) is 7.76. The molecule has 1 fully saturated rings. The van der Waals surface area contributed by atoms with E-state index in [0.717, 1.165) is 28.5 Å². The number of carbonyl (C=O) groups excluding carboxylic acids is 1. The highest BCUT2D eigenvalue weighted by Crippen LogP contribution is 2.27. The summed E-state index contributed by atoms with van der Waals surface area (Å²) in [7, 11) is 0. The molecular weight excluding hydrogens is 300 g/mol. The molecule has 0 spiro atoms. The van der Waals surface area contributed by atoms with Gasteiger partial charge in [-0.2, -0.15) is 0 Å². The van der Waals surface area contributed by atoms with E-state index in [1.54, 1.807) is 4.90 Å². The fraction of sp³-hybridized carbons (Fsp3) is 0.538. The summed E-state index contributed by atoms with van der Waals surface area (Å²) in [6.45, 7) is 0.808. The molecule has 0 saturated heterocycles. The molecule has 1 aliphatic carbocycles. The normalized spacial score (nSPS) is 14.1. The molecular formula is C13H17ClN2O3S. The number of carbonyl (C=O) groups is 2. The summed E-state index contributed by atoms with van der Waals surface area (Å²) in [5.41, 5.74) is 0. The Balaban J connectivity index is 1.75. The van der Waals surface area contributed by atoms with Crippen LogP contribution in [-0.4, -0.2) is 41.1 Å². The topological polar surface area (TPSA) is 69.6 Å². The van der Waals surface area contributed by atoms with Crippen LogP contribution in [0.2, 0.25) is 4.34 Å². The van der Waals surface area contributed by atoms with Gasteiger partial charge in [0.1, 0.15) is 0 Å². The second-order valence-corrected chi connectivity index (χ2v) is 6.56. The highest BCUT2D eigenvalue weighted by atomic mass is 35.5. The zero-order valence-electron chi connectivity index (χ0n) is 11.0. The molecule has 110 valence electrons. The zero-order chi connectivity index (χ0) is 14.5. The number of amides is 2. The van der Waals surface area contributed by atoms with Crippen LogP contribution in [0.3, 0.4) is 0 Å². The SMILES string of the molecule is O=C(O)CCN(C(=O)NCCc1ccc(Cl)s1)C1CC1. The monoisotopic (exact) mass is 316 g/mol. The lowest BCUT2D eigenvalue weighted by atomic mass is 10.3. The van der Waals surface area contributed by atoms with Gasteiger partial charge in [0.25, 0.3) is 0 Å². The maximum Gasteiger partial charge on any atom is 0.317 e. The number of urea groups is 1. The highest BCUT2D eigenvalue weighted by Gasteiger charge is 2.32. The summed E-state index contributed by atoms with van der Waals surface area (Å²) in [5, 5.41) is 11.5. The van der Waals surface area contributed by atoms with Crippen LogP contribution in [0.5, 0.6) is 0 Å². The van der Waals surface area contributed by atoms with Gasteiger partial charge in [0.05, 0.1) is 10.8 Å². The molecule has 2 amide bonds. The van der Waals surface area contributed by atoms with E-state index in [9.17, 15) is 9.59 Å². The Kier molecular flexibility index (Phi) is 5.25. The van der Waals surface area contributed by atoms with Gasteiger partial charge in [0, 0.05) is 24.0 Å². The molecule has 0 atom stereocenters. The third-order valence-corrected chi connectivity index (χ3v) is 4.38. The molecule has 0 unspecified atom stereocenters. The summed E-state index contributed by atoms with van der Waals surface area (Å²) in [6.07, 6.45) is 2.66. The van der Waals surface area contributed by atoms with Crippen molar-refractivity contribution in [3.63, 3.8) is 0 Å². The molecule has 7 heteroatoms. The summed E-state index contributed by atoms with van der Waals surface area (Å²) >= 11 is 7.34. The molecule has 1 saturated carbocycles. The van der Waals surface area contributed by atoms with Crippen molar-refractivity contribution in [3.05, 3.63) is 21.3 Å². The molecule has 0 aromatic carbocycles. The van der Waals surface area contributed by atoms with E-state index in [0.29, 0.717) is 6.54 Å². The molecule has 0 bridgehead atoms. The van der Waals surface area contributed by atoms with Gasteiger partial charge in [0.2, 0.25) is 0 Å². The van der Waals surface area contributed by atoms with Crippen molar-refractivity contribution in [3.8, 4) is 0 Å². The third-order valence-electron chi connectivity index (χ3n) is 3.09. The summed E-state index contributed by atoms with van der Waals surface area (Å²) in [4.78, 5) is 25.4. The molecule has 2 N–H and O–H groups in total. The maximum absolute atomic E-state index is 12.0. The first-order chi connectivity index (χ1) is 9.56. The number of carboxylic acid groups (broad SMARTS) is 1. The number of carboxylic acids is 1. The van der Waals surface area contributed by atoms with Crippen molar-refractivity contribution in [2.75, 3.05) is 13.1 Å². The van der Waals surface area contributed by atoms with Crippen molar-refractivity contribution in [1.82, 2.24) is 10.2 Å². The molecule has 0 radical (unpaired) electrons. The smallest absolute Gasteiger partial charge is 0.317 e. The van der Waals surface area contributed by atoms with Crippen LogP contribution in [0, 0.1) is 0 Å². The molecule has 1 aliphatic rings. The fourth-order valence-electron chi connectivity index (χ4n) is 1.93. The van der Waals surface area contributed by atoms with Crippen LogP contribution in [-0.2, 0) is 11.2 Å². The Morgan fingerprint density at radius 1 is 1.45 bits per heavy atom. The predicted molar refractivity (Wildman–Crippen MR) is 78.4 cm³/mol. The lowest BCUT2D eigenvalue weighted by Gasteiger charge is -2.22. The van der Waals surface area contributed by atoms with E-state index in [4.69, 9.17) is 16.7 Å². The van der Waals surface area contributed by atoms with Crippen molar-refractivity contribution < 1.29 is 14.7 Å². The number of thiophene rings is 1. The van der Waals surface area contributed by atoms with Crippen LogP contribution in [0.4, 0.5) is 4.79 Å². The van der Waals surface area contributed by atoms with Crippen molar-refractivity contribution in [2.45, 2.75) is 31.7 Å². The van der Waals surface area contributed by atoms with Gasteiger partial charge < -0.3 is 15.3 Å². The van der Waals surface area contributed by atoms with Gasteiger partial charge in [-0.05, 0) is 31.4 Å². The van der Waals surface area contributed by atoms with Crippen molar-refractivity contribution >= 4 is 34.9 Å². The van der Waals surface area contributed by atoms with Gasteiger partial charge in [-0.1, -0.05) is 11.6 Å². The van der Waals surface area contributed by atoms with Crippen LogP contribution >= 0.6 is 22.9 Å². The van der Waals surface area contributed by atoms with Gasteiger partial charge in [-0.25, -0.2) is 4.79 Å². The lowest BCUT2D eigenvalue weighted by Crippen LogP contribution is -2.43. The molecule has 20 heavy (non-hydrogen) atoms. The van der Waals surface area contributed by atoms with Crippen molar-refractivity contribution in [2.24, 2.45) is 0 Å². The van der Waals surface area contributed by atoms with Gasteiger partial charge in [-0.15, -0.1) is 11.3 Å². The number of nitrogens with zero attached hydrogens (tertiary/aromatic N) is 1. The Hall–Kier alpha value is -1.27. The molecule has 1 aromatic rings.